The molecule has 0 aromatic carbocycles. The van der Waals surface area contributed by atoms with Crippen molar-refractivity contribution in [1.29, 1.82) is 0 Å². The van der Waals surface area contributed by atoms with Crippen LogP contribution in [0.25, 0.3) is 0 Å². The molecule has 0 spiro atoms. The lowest BCUT2D eigenvalue weighted by Gasteiger charge is -2.35. The van der Waals surface area contributed by atoms with Crippen molar-refractivity contribution in [2.45, 2.75) is 51.6 Å². The van der Waals surface area contributed by atoms with E-state index in [9.17, 15) is 14.4 Å². The minimum Gasteiger partial charge on any atom is -0.333 e. The van der Waals surface area contributed by atoms with E-state index in [0.29, 0.717) is 55.1 Å². The lowest BCUT2D eigenvalue weighted by Crippen LogP contribution is -2.42. The zero-order valence-electron chi connectivity index (χ0n) is 16.6. The fourth-order valence-corrected chi connectivity index (χ4v) is 4.18. The molecular formula is C21H25N5O3. The van der Waals surface area contributed by atoms with Crippen LogP contribution in [0.4, 0.5) is 0 Å². The van der Waals surface area contributed by atoms with E-state index in [1.54, 1.807) is 29.4 Å². The number of H-pyrrole nitrogens is 1. The van der Waals surface area contributed by atoms with Gasteiger partial charge in [0.05, 0.1) is 18.3 Å². The summed E-state index contributed by atoms with van der Waals surface area (Å²) in [6, 6.07) is 3.16. The van der Waals surface area contributed by atoms with E-state index in [1.807, 2.05) is 11.8 Å². The van der Waals surface area contributed by atoms with Gasteiger partial charge in [0.25, 0.3) is 11.5 Å². The number of aromatic nitrogens is 3. The fourth-order valence-electron chi connectivity index (χ4n) is 4.18. The summed E-state index contributed by atoms with van der Waals surface area (Å²) in [5.74, 6) is 0.514. The summed E-state index contributed by atoms with van der Waals surface area (Å²) in [5.41, 5.74) is 1.68. The van der Waals surface area contributed by atoms with Gasteiger partial charge < -0.3 is 14.8 Å². The number of amides is 2. The quantitative estimate of drug-likeness (QED) is 0.855. The summed E-state index contributed by atoms with van der Waals surface area (Å²) in [4.78, 5) is 53.0. The molecule has 8 nitrogen and oxygen atoms in total. The number of fused-ring (bicyclic) bond motifs is 1. The number of nitrogens with zero attached hydrogens (tertiary/aromatic N) is 4. The minimum atomic E-state index is -0.208. The first-order chi connectivity index (χ1) is 14.1. The van der Waals surface area contributed by atoms with E-state index in [0.717, 1.165) is 19.3 Å². The zero-order valence-corrected chi connectivity index (χ0v) is 16.6. The molecule has 152 valence electrons. The van der Waals surface area contributed by atoms with Crippen molar-refractivity contribution in [3.05, 3.63) is 57.5 Å². The topological polar surface area (TPSA) is 99.3 Å². The van der Waals surface area contributed by atoms with Crippen LogP contribution in [-0.2, 0) is 17.8 Å². The molecule has 2 aromatic rings. The molecule has 0 radical (unpaired) electrons. The summed E-state index contributed by atoms with van der Waals surface area (Å²) in [6.07, 6.45) is 6.82. The molecule has 4 rings (SSSR count). The maximum atomic E-state index is 12.8. The van der Waals surface area contributed by atoms with E-state index in [1.165, 1.54) is 0 Å². The summed E-state index contributed by atoms with van der Waals surface area (Å²) in [6.45, 7) is 3.30. The fraction of sp³-hybridized carbons (Fsp3) is 0.476. The molecule has 1 fully saturated rings. The molecule has 4 heterocycles. The third kappa shape index (κ3) is 3.79. The molecule has 0 aliphatic carbocycles. The number of likely N-dealkylation sites (tertiary alicyclic amines) is 1. The summed E-state index contributed by atoms with van der Waals surface area (Å²) in [7, 11) is 0. The number of nitrogens with one attached hydrogen (secondary N) is 1. The second-order valence-corrected chi connectivity index (χ2v) is 7.54. The molecule has 2 amide bonds. The molecule has 8 heteroatoms. The third-order valence-electron chi connectivity index (χ3n) is 5.75. The summed E-state index contributed by atoms with van der Waals surface area (Å²) >= 11 is 0. The van der Waals surface area contributed by atoms with Crippen LogP contribution in [0.1, 0.15) is 66.1 Å². The molecule has 1 N–H and O–H groups in total. The van der Waals surface area contributed by atoms with E-state index in [2.05, 4.69) is 9.97 Å². The second-order valence-electron chi connectivity index (χ2n) is 7.54. The van der Waals surface area contributed by atoms with Crippen LogP contribution in [0.15, 0.2) is 29.3 Å². The van der Waals surface area contributed by atoms with Gasteiger partial charge in [0.1, 0.15) is 5.82 Å². The third-order valence-corrected chi connectivity index (χ3v) is 5.75. The molecule has 1 saturated heterocycles. The molecule has 0 saturated carbocycles. The second kappa shape index (κ2) is 8.14. The van der Waals surface area contributed by atoms with Gasteiger partial charge in [-0.1, -0.05) is 6.92 Å². The minimum absolute atomic E-state index is 0.0737. The molecular weight excluding hydrogens is 370 g/mol. The first kappa shape index (κ1) is 19.3. The maximum absolute atomic E-state index is 12.8. The highest BCUT2D eigenvalue weighted by molar-refractivity contribution is 5.94. The van der Waals surface area contributed by atoms with E-state index in [-0.39, 0.29) is 23.4 Å². The van der Waals surface area contributed by atoms with Crippen molar-refractivity contribution >= 4 is 11.8 Å². The molecule has 29 heavy (non-hydrogen) atoms. The van der Waals surface area contributed by atoms with Crippen molar-refractivity contribution < 1.29 is 9.59 Å². The Bertz CT molecular complexity index is 972. The average Bonchev–Trinajstić information content (AvgIpc) is 2.78. The number of aromatic amines is 1. The van der Waals surface area contributed by atoms with Crippen molar-refractivity contribution in [2.24, 2.45) is 0 Å². The van der Waals surface area contributed by atoms with Gasteiger partial charge in [-0.15, -0.1) is 0 Å². The number of piperidine rings is 1. The van der Waals surface area contributed by atoms with Crippen LogP contribution in [0.5, 0.6) is 0 Å². The largest absolute Gasteiger partial charge is 0.333 e. The van der Waals surface area contributed by atoms with Crippen molar-refractivity contribution in [3.8, 4) is 0 Å². The van der Waals surface area contributed by atoms with E-state index < -0.39 is 0 Å². The maximum Gasteiger partial charge on any atom is 0.254 e. The Morgan fingerprint density at radius 2 is 2.00 bits per heavy atom. The normalized spacial score (nSPS) is 19.0. The van der Waals surface area contributed by atoms with Crippen LogP contribution in [0, 0.1) is 0 Å². The zero-order chi connectivity index (χ0) is 20.4. The molecule has 2 aromatic heterocycles. The molecule has 2 aliphatic rings. The Hall–Kier alpha value is -3.03. The van der Waals surface area contributed by atoms with Crippen molar-refractivity contribution in [3.63, 3.8) is 0 Å². The Balaban J connectivity index is 1.63. The molecule has 2 aliphatic heterocycles. The van der Waals surface area contributed by atoms with Crippen LogP contribution in [0.2, 0.25) is 0 Å². The number of pyridine rings is 1. The first-order valence-corrected chi connectivity index (χ1v) is 10.2. The average molecular weight is 395 g/mol. The monoisotopic (exact) mass is 395 g/mol. The van der Waals surface area contributed by atoms with Gasteiger partial charge in [0.2, 0.25) is 5.91 Å². The van der Waals surface area contributed by atoms with Gasteiger partial charge in [-0.05, 0) is 37.8 Å². The van der Waals surface area contributed by atoms with Crippen LogP contribution < -0.4 is 5.56 Å². The standard InChI is InChI=1S/C21H25N5O3/c1-2-18(27)26-11-4-3-5-17(26)19-23-16-13-25(12-8-15(16)20(28)24-19)21(29)14-6-9-22-10-7-14/h6-7,9-10,17H,2-5,8,11-13H2,1H3,(H,23,24,28)/t17-/m0/s1. The lowest BCUT2D eigenvalue weighted by atomic mass is 9.99. The predicted octanol–water partition coefficient (Wildman–Crippen LogP) is 1.83. The van der Waals surface area contributed by atoms with Crippen molar-refractivity contribution in [2.75, 3.05) is 13.1 Å². The van der Waals surface area contributed by atoms with Gasteiger partial charge >= 0.3 is 0 Å². The van der Waals surface area contributed by atoms with E-state index >= 15 is 0 Å². The van der Waals surface area contributed by atoms with E-state index in [4.69, 9.17) is 4.98 Å². The highest BCUT2D eigenvalue weighted by Gasteiger charge is 2.31. The summed E-state index contributed by atoms with van der Waals surface area (Å²) < 4.78 is 0. The number of carbonyl (C=O) groups is 2. The van der Waals surface area contributed by atoms with Gasteiger partial charge in [-0.2, -0.15) is 0 Å². The Labute approximate surface area is 169 Å². The number of carbonyl (C=O) groups excluding carboxylic acids is 2. The highest BCUT2D eigenvalue weighted by Crippen LogP contribution is 2.30. The van der Waals surface area contributed by atoms with Gasteiger partial charge in [0, 0.05) is 43.0 Å². The molecule has 0 bridgehead atoms. The van der Waals surface area contributed by atoms with Crippen molar-refractivity contribution in [1.82, 2.24) is 24.8 Å². The smallest absolute Gasteiger partial charge is 0.254 e. The SMILES string of the molecule is CCC(=O)N1CCCC[C@H]1c1nc2c(c(=O)[nH]1)CCN(C(=O)c1ccncc1)C2. The Kier molecular flexibility index (Phi) is 5.42. The lowest BCUT2D eigenvalue weighted by molar-refractivity contribution is -0.134. The number of hydrogen-bond acceptors (Lipinski definition) is 5. The Morgan fingerprint density at radius 1 is 1.21 bits per heavy atom. The van der Waals surface area contributed by atoms with Gasteiger partial charge in [-0.3, -0.25) is 19.4 Å². The molecule has 1 atom stereocenters. The Morgan fingerprint density at radius 3 is 2.76 bits per heavy atom. The number of rotatable bonds is 3. The van der Waals surface area contributed by atoms with Gasteiger partial charge in [-0.25, -0.2) is 4.98 Å². The summed E-state index contributed by atoms with van der Waals surface area (Å²) in [5, 5.41) is 0. The van der Waals surface area contributed by atoms with Crippen LogP contribution in [-0.4, -0.2) is 49.7 Å². The molecule has 0 unspecified atom stereocenters. The first-order valence-electron chi connectivity index (χ1n) is 10.2. The van der Waals surface area contributed by atoms with Gasteiger partial charge in [0.15, 0.2) is 0 Å². The van der Waals surface area contributed by atoms with Crippen LogP contribution >= 0.6 is 0 Å². The highest BCUT2D eigenvalue weighted by atomic mass is 16.2. The number of hydrogen-bond donors (Lipinski definition) is 1. The van der Waals surface area contributed by atoms with Crippen LogP contribution in [0.3, 0.4) is 0 Å². The predicted molar refractivity (Wildman–Crippen MR) is 106 cm³/mol.